The molecule has 4 heteroatoms. The van der Waals surface area contributed by atoms with Gasteiger partial charge in [-0.1, -0.05) is 167 Å². The van der Waals surface area contributed by atoms with Gasteiger partial charge in [0.2, 0.25) is 0 Å². The Morgan fingerprint density at radius 1 is 0.488 bits per heavy atom. The van der Waals surface area contributed by atoms with Gasteiger partial charge in [-0.15, -0.1) is 0 Å². The first-order valence-electron chi connectivity index (χ1n) is 19.1. The van der Waals surface area contributed by atoms with E-state index in [9.17, 15) is 10.2 Å². The standard InChI is InChI=1S/C39H77O3P/c1-3-5-7-9-11-13-15-17-19-21-23-25-27-29-31-33-35-39(42-43,38(41)37-40)36-34-32-30-28-26-24-22-20-18-16-14-12-10-8-6-4-2/h17-20,38,40-41H,3-16,21-37,43H2,1-2H3. The molecule has 0 fully saturated rings. The molecule has 0 aromatic heterocycles. The Bertz CT molecular complexity index is 549. The molecule has 0 aliphatic rings. The van der Waals surface area contributed by atoms with Gasteiger partial charge in [-0.2, -0.15) is 0 Å². The van der Waals surface area contributed by atoms with Crippen molar-refractivity contribution >= 4 is 9.47 Å². The van der Waals surface area contributed by atoms with Gasteiger partial charge in [0, 0.05) is 9.47 Å². The summed E-state index contributed by atoms with van der Waals surface area (Å²) in [5.74, 6) is 0. The van der Waals surface area contributed by atoms with E-state index in [4.69, 9.17) is 4.52 Å². The highest BCUT2D eigenvalue weighted by Gasteiger charge is 2.36. The fraction of sp³-hybridized carbons (Fsp3) is 0.897. The van der Waals surface area contributed by atoms with Gasteiger partial charge < -0.3 is 14.7 Å². The van der Waals surface area contributed by atoms with E-state index in [0.717, 1.165) is 25.7 Å². The van der Waals surface area contributed by atoms with E-state index in [2.05, 4.69) is 47.6 Å². The van der Waals surface area contributed by atoms with Crippen molar-refractivity contribution in [3.05, 3.63) is 24.3 Å². The van der Waals surface area contributed by atoms with Crippen LogP contribution in [0.25, 0.3) is 0 Å². The van der Waals surface area contributed by atoms with Crippen molar-refractivity contribution in [1.29, 1.82) is 0 Å². The molecular weight excluding hydrogens is 547 g/mol. The van der Waals surface area contributed by atoms with E-state index in [-0.39, 0.29) is 6.61 Å². The Morgan fingerprint density at radius 3 is 1.05 bits per heavy atom. The number of allylic oxidation sites excluding steroid dienone is 4. The Balaban J connectivity index is 3.84. The van der Waals surface area contributed by atoms with Gasteiger partial charge in [0.05, 0.1) is 12.2 Å². The molecule has 0 rings (SSSR count). The van der Waals surface area contributed by atoms with Gasteiger partial charge in [-0.05, 0) is 64.2 Å². The third-order valence-electron chi connectivity index (χ3n) is 9.24. The summed E-state index contributed by atoms with van der Waals surface area (Å²) in [6, 6.07) is 0. The van der Waals surface area contributed by atoms with Crippen LogP contribution >= 0.6 is 9.47 Å². The summed E-state index contributed by atoms with van der Waals surface area (Å²) in [7, 11) is 2.39. The minimum Gasteiger partial charge on any atom is -0.394 e. The molecule has 0 aliphatic carbocycles. The summed E-state index contributed by atoms with van der Waals surface area (Å²) in [4.78, 5) is 0. The Hall–Kier alpha value is -0.210. The second kappa shape index (κ2) is 34.7. The number of aliphatic hydroxyl groups is 2. The van der Waals surface area contributed by atoms with Crippen molar-refractivity contribution in [2.75, 3.05) is 6.61 Å². The molecule has 0 spiro atoms. The van der Waals surface area contributed by atoms with Crippen LogP contribution in [-0.4, -0.2) is 28.5 Å². The van der Waals surface area contributed by atoms with Crippen molar-refractivity contribution in [3.63, 3.8) is 0 Å². The maximum atomic E-state index is 10.6. The average Bonchev–Trinajstić information content (AvgIpc) is 3.03. The molecule has 3 nitrogen and oxygen atoms in total. The molecule has 0 bridgehead atoms. The molecule has 2 atom stereocenters. The van der Waals surface area contributed by atoms with Crippen LogP contribution in [0.15, 0.2) is 24.3 Å². The van der Waals surface area contributed by atoms with Crippen LogP contribution in [0.3, 0.4) is 0 Å². The summed E-state index contributed by atoms with van der Waals surface area (Å²) in [6.45, 7) is 4.33. The Labute approximate surface area is 272 Å². The number of hydrogen-bond donors (Lipinski definition) is 2. The van der Waals surface area contributed by atoms with Crippen molar-refractivity contribution in [3.8, 4) is 0 Å². The van der Waals surface area contributed by atoms with Crippen molar-refractivity contribution in [1.82, 2.24) is 0 Å². The van der Waals surface area contributed by atoms with Crippen LogP contribution in [0.5, 0.6) is 0 Å². The van der Waals surface area contributed by atoms with Crippen molar-refractivity contribution in [2.45, 2.75) is 218 Å². The van der Waals surface area contributed by atoms with Crippen LogP contribution in [0.1, 0.15) is 206 Å². The Morgan fingerprint density at radius 2 is 0.767 bits per heavy atom. The summed E-state index contributed by atoms with van der Waals surface area (Å²) in [6.07, 6.45) is 46.7. The van der Waals surface area contributed by atoms with Gasteiger partial charge in [0.15, 0.2) is 0 Å². The minimum atomic E-state index is -0.809. The fourth-order valence-corrected chi connectivity index (χ4v) is 6.56. The minimum absolute atomic E-state index is 0.229. The van der Waals surface area contributed by atoms with Crippen molar-refractivity contribution < 1.29 is 14.7 Å². The summed E-state index contributed by atoms with van der Waals surface area (Å²) < 4.78 is 5.83. The van der Waals surface area contributed by atoms with E-state index in [1.54, 1.807) is 0 Å². The second-order valence-electron chi connectivity index (χ2n) is 13.3. The van der Waals surface area contributed by atoms with E-state index < -0.39 is 11.7 Å². The predicted molar refractivity (Wildman–Crippen MR) is 195 cm³/mol. The van der Waals surface area contributed by atoms with Crippen LogP contribution in [0.4, 0.5) is 0 Å². The molecule has 0 aliphatic heterocycles. The van der Waals surface area contributed by atoms with E-state index in [1.807, 2.05) is 0 Å². The maximum Gasteiger partial charge on any atom is 0.106 e. The lowest BCUT2D eigenvalue weighted by Gasteiger charge is -2.36. The van der Waals surface area contributed by atoms with Crippen LogP contribution < -0.4 is 0 Å². The second-order valence-corrected chi connectivity index (χ2v) is 13.5. The van der Waals surface area contributed by atoms with Gasteiger partial charge in [0.25, 0.3) is 0 Å². The zero-order chi connectivity index (χ0) is 31.5. The highest BCUT2D eigenvalue weighted by Crippen LogP contribution is 2.33. The largest absolute Gasteiger partial charge is 0.394 e. The fourth-order valence-electron chi connectivity index (χ4n) is 6.16. The molecule has 0 aromatic carbocycles. The zero-order valence-electron chi connectivity index (χ0n) is 29.2. The first-order chi connectivity index (χ1) is 21.2. The van der Waals surface area contributed by atoms with Gasteiger partial charge in [-0.25, -0.2) is 0 Å². The molecule has 256 valence electrons. The molecular formula is C39H77O3P. The van der Waals surface area contributed by atoms with Crippen LogP contribution in [0.2, 0.25) is 0 Å². The predicted octanol–water partition coefficient (Wildman–Crippen LogP) is 12.7. The third kappa shape index (κ3) is 27.8. The molecule has 0 amide bonds. The van der Waals surface area contributed by atoms with Crippen LogP contribution in [0, 0.1) is 0 Å². The highest BCUT2D eigenvalue weighted by atomic mass is 31.0. The molecule has 2 unspecified atom stereocenters. The van der Waals surface area contributed by atoms with Crippen molar-refractivity contribution in [2.24, 2.45) is 0 Å². The lowest BCUT2D eigenvalue weighted by atomic mass is 9.85. The summed E-state index contributed by atoms with van der Waals surface area (Å²) in [5, 5.41) is 20.3. The van der Waals surface area contributed by atoms with Gasteiger partial charge in [0.1, 0.15) is 6.10 Å². The molecule has 43 heavy (non-hydrogen) atoms. The number of rotatable bonds is 35. The summed E-state index contributed by atoms with van der Waals surface area (Å²) in [5.41, 5.74) is -0.624. The third-order valence-corrected chi connectivity index (χ3v) is 9.71. The van der Waals surface area contributed by atoms with Gasteiger partial charge >= 0.3 is 0 Å². The van der Waals surface area contributed by atoms with E-state index >= 15 is 0 Å². The molecule has 0 radical (unpaired) electrons. The van der Waals surface area contributed by atoms with Gasteiger partial charge in [-0.3, -0.25) is 0 Å². The first-order valence-corrected chi connectivity index (χ1v) is 19.6. The number of hydrogen-bond acceptors (Lipinski definition) is 3. The molecule has 0 saturated carbocycles. The molecule has 0 saturated heterocycles. The summed E-state index contributed by atoms with van der Waals surface area (Å²) >= 11 is 0. The maximum absolute atomic E-state index is 10.6. The molecule has 0 heterocycles. The number of unbranched alkanes of at least 4 members (excludes halogenated alkanes) is 24. The quantitative estimate of drug-likeness (QED) is 0.0419. The molecule has 0 aromatic rings. The highest BCUT2D eigenvalue weighted by molar-refractivity contribution is 7.09. The first kappa shape index (κ1) is 42.8. The zero-order valence-corrected chi connectivity index (χ0v) is 30.3. The van der Waals surface area contributed by atoms with E-state index in [0.29, 0.717) is 0 Å². The Kier molecular flexibility index (Phi) is 34.5. The molecule has 2 N–H and O–H groups in total. The normalized spacial score (nSPS) is 14.3. The van der Waals surface area contributed by atoms with E-state index in [1.165, 1.54) is 167 Å². The average molecular weight is 625 g/mol. The lowest BCUT2D eigenvalue weighted by Crippen LogP contribution is -2.45. The SMILES string of the molecule is CCCCCCCCC=CCCCCCCCCC(CCCCCCCCC=CCCCCCCCC)(OP)C(O)CO. The smallest absolute Gasteiger partial charge is 0.106 e. The van der Waals surface area contributed by atoms with Crippen LogP contribution in [-0.2, 0) is 4.52 Å². The topological polar surface area (TPSA) is 49.7 Å². The number of aliphatic hydroxyl groups excluding tert-OH is 2. The monoisotopic (exact) mass is 625 g/mol. The lowest BCUT2D eigenvalue weighted by molar-refractivity contribution is -0.0799.